The molecule has 0 heterocycles. The Morgan fingerprint density at radius 2 is 1.83 bits per heavy atom. The van der Waals surface area contributed by atoms with Crippen molar-refractivity contribution in [1.82, 2.24) is 0 Å². The molecular weight excluding hydrogens is 452 g/mol. The summed E-state index contributed by atoms with van der Waals surface area (Å²) in [6.45, 7) is 16.8. The van der Waals surface area contributed by atoms with Crippen LogP contribution in [0.25, 0.3) is 0 Å². The molecule has 0 aliphatic heterocycles. The number of aliphatic hydroxyl groups excluding tert-OH is 2. The number of hydrogen-bond donors (Lipinski definition) is 3. The maximum atomic E-state index is 12.9. The van der Waals surface area contributed by atoms with Gasteiger partial charge in [0.25, 0.3) is 0 Å². The van der Waals surface area contributed by atoms with Crippen molar-refractivity contribution in [2.75, 3.05) is 6.61 Å². The van der Waals surface area contributed by atoms with Gasteiger partial charge in [0, 0.05) is 17.8 Å². The molecule has 5 heteroatoms. The lowest BCUT2D eigenvalue weighted by Gasteiger charge is -2.59. The van der Waals surface area contributed by atoms with Crippen LogP contribution >= 0.6 is 0 Å². The van der Waals surface area contributed by atoms with E-state index in [0.29, 0.717) is 38.0 Å². The van der Waals surface area contributed by atoms with E-state index in [0.717, 1.165) is 18.4 Å². The second-order valence-corrected chi connectivity index (χ2v) is 13.5. The fraction of sp³-hybridized carbons (Fsp3) is 0.742. The molecule has 0 radical (unpaired) electrons. The van der Waals surface area contributed by atoms with Gasteiger partial charge in [0.1, 0.15) is 5.78 Å². The van der Waals surface area contributed by atoms with Crippen LogP contribution in [0.3, 0.4) is 0 Å². The Morgan fingerprint density at radius 1 is 1.17 bits per heavy atom. The normalized spacial score (nSPS) is 42.7. The Balaban J connectivity index is 1.74. The fourth-order valence-electron chi connectivity index (χ4n) is 8.75. The van der Waals surface area contributed by atoms with Gasteiger partial charge in [-0.15, -0.1) is 0 Å². The van der Waals surface area contributed by atoms with Gasteiger partial charge in [0.15, 0.2) is 0 Å². The molecule has 200 valence electrons. The third-order valence-electron chi connectivity index (χ3n) is 11.5. The minimum Gasteiger partial charge on any atom is -0.481 e. The van der Waals surface area contributed by atoms with E-state index < -0.39 is 28.8 Å². The average Bonchev–Trinajstić information content (AvgIpc) is 3.02. The highest BCUT2D eigenvalue weighted by Gasteiger charge is 2.66. The molecule has 3 N–H and O–H groups in total. The first kappa shape index (κ1) is 27.3. The number of ketones is 1. The number of carboxylic acid groups (broad SMARTS) is 1. The van der Waals surface area contributed by atoms with Crippen LogP contribution in [0.1, 0.15) is 86.5 Å². The summed E-state index contributed by atoms with van der Waals surface area (Å²) in [6.07, 6.45) is 8.21. The molecule has 36 heavy (non-hydrogen) atoms. The maximum Gasteiger partial charge on any atom is 0.306 e. The van der Waals surface area contributed by atoms with Crippen molar-refractivity contribution in [2.45, 2.75) is 92.6 Å². The molecule has 0 spiro atoms. The standard InChI is InChI=1S/C31H46O5/c1-18(2)19(3)8-9-20(27(35)36)26-23(33)16-31(7)22-10-11-24-28(4,21(22)12-15-30(26,31)6)14-13-25(34)29(24,5)17-32/h10,12,18,20,23-24,26,32-33H,3,8-9,11,13-17H2,1-2,4-7H3,(H,35,36)/t20-,23-,24-,26+,28-,29-,30-,31+/m1/s1. The van der Waals surface area contributed by atoms with E-state index in [1.807, 2.05) is 6.92 Å². The topological polar surface area (TPSA) is 94.8 Å². The van der Waals surface area contributed by atoms with Crippen LogP contribution < -0.4 is 0 Å². The molecule has 4 aliphatic carbocycles. The number of hydrogen-bond acceptors (Lipinski definition) is 4. The molecule has 2 saturated carbocycles. The number of rotatable bonds is 7. The molecule has 0 bridgehead atoms. The maximum absolute atomic E-state index is 12.9. The molecule has 4 aliphatic rings. The molecule has 0 aromatic rings. The second-order valence-electron chi connectivity index (χ2n) is 13.5. The summed E-state index contributed by atoms with van der Waals surface area (Å²) >= 11 is 0. The quantitative estimate of drug-likeness (QED) is 0.390. The molecule has 0 unspecified atom stereocenters. The lowest BCUT2D eigenvalue weighted by molar-refractivity contribution is -0.148. The van der Waals surface area contributed by atoms with Gasteiger partial charge in [-0.05, 0) is 72.3 Å². The summed E-state index contributed by atoms with van der Waals surface area (Å²) in [7, 11) is 0. The SMILES string of the molecule is C=C(CC[C@@H](C(=O)O)[C@H]1[C@H](O)C[C@@]2(C)C3=CC[C@H]4[C@@](C)(CO)C(=O)CC[C@]4(C)C3=CC[C@]12C)C(C)C. The van der Waals surface area contributed by atoms with Crippen molar-refractivity contribution in [3.63, 3.8) is 0 Å². The van der Waals surface area contributed by atoms with Crippen LogP contribution in [-0.4, -0.2) is 39.8 Å². The van der Waals surface area contributed by atoms with Crippen LogP contribution in [0.4, 0.5) is 0 Å². The first-order chi connectivity index (χ1) is 16.7. The van der Waals surface area contributed by atoms with Gasteiger partial charge in [0.2, 0.25) is 0 Å². The van der Waals surface area contributed by atoms with E-state index >= 15 is 0 Å². The van der Waals surface area contributed by atoms with Gasteiger partial charge in [-0.25, -0.2) is 0 Å². The second kappa shape index (κ2) is 8.94. The Kier molecular flexibility index (Phi) is 6.78. The highest BCUT2D eigenvalue weighted by molar-refractivity contribution is 5.86. The number of aliphatic carboxylic acids is 1. The Hall–Kier alpha value is -1.72. The number of allylic oxidation sites excluding steroid dienone is 5. The number of carbonyl (C=O) groups excluding carboxylic acids is 1. The minimum absolute atomic E-state index is 0.0372. The van der Waals surface area contributed by atoms with Crippen molar-refractivity contribution in [3.8, 4) is 0 Å². The molecule has 0 amide bonds. The summed E-state index contributed by atoms with van der Waals surface area (Å²) in [5.74, 6) is -1.31. The van der Waals surface area contributed by atoms with E-state index in [4.69, 9.17) is 0 Å². The molecule has 2 fully saturated rings. The zero-order valence-electron chi connectivity index (χ0n) is 23.1. The predicted molar refractivity (Wildman–Crippen MR) is 141 cm³/mol. The molecule has 0 aromatic heterocycles. The molecule has 0 aromatic carbocycles. The summed E-state index contributed by atoms with van der Waals surface area (Å²) in [5.41, 5.74) is 1.85. The fourth-order valence-corrected chi connectivity index (χ4v) is 8.75. The van der Waals surface area contributed by atoms with Crippen molar-refractivity contribution in [3.05, 3.63) is 35.5 Å². The van der Waals surface area contributed by atoms with Crippen LogP contribution in [-0.2, 0) is 9.59 Å². The molecule has 8 atom stereocenters. The van der Waals surface area contributed by atoms with Gasteiger partial charge < -0.3 is 15.3 Å². The van der Waals surface area contributed by atoms with E-state index in [-0.39, 0.29) is 35.1 Å². The number of carbonyl (C=O) groups is 2. The predicted octanol–water partition coefficient (Wildman–Crippen LogP) is 5.72. The average molecular weight is 499 g/mol. The molecule has 4 rings (SSSR count). The first-order valence-electron chi connectivity index (χ1n) is 13.8. The lowest BCUT2D eigenvalue weighted by Crippen LogP contribution is -2.55. The zero-order chi connectivity index (χ0) is 26.8. The summed E-state index contributed by atoms with van der Waals surface area (Å²) in [6, 6.07) is 0. The van der Waals surface area contributed by atoms with Crippen molar-refractivity contribution >= 4 is 11.8 Å². The van der Waals surface area contributed by atoms with E-state index in [1.54, 1.807) is 0 Å². The van der Waals surface area contributed by atoms with E-state index in [2.05, 4.69) is 53.3 Å². The lowest BCUT2D eigenvalue weighted by atomic mass is 9.44. The monoisotopic (exact) mass is 498 g/mol. The Morgan fingerprint density at radius 3 is 2.42 bits per heavy atom. The third kappa shape index (κ3) is 3.63. The van der Waals surface area contributed by atoms with Crippen molar-refractivity contribution < 1.29 is 24.9 Å². The first-order valence-corrected chi connectivity index (χ1v) is 13.8. The summed E-state index contributed by atoms with van der Waals surface area (Å²) < 4.78 is 0. The number of carboxylic acids is 1. The van der Waals surface area contributed by atoms with Crippen LogP contribution in [0.15, 0.2) is 35.5 Å². The number of Topliss-reactive ketones (excluding diaryl/α,β-unsaturated/α-hetero) is 1. The van der Waals surface area contributed by atoms with Gasteiger partial charge in [-0.1, -0.05) is 65.8 Å². The number of aliphatic hydroxyl groups is 2. The smallest absolute Gasteiger partial charge is 0.306 e. The summed E-state index contributed by atoms with van der Waals surface area (Å²) in [4.78, 5) is 25.4. The van der Waals surface area contributed by atoms with E-state index in [1.165, 1.54) is 11.1 Å². The minimum atomic E-state index is -0.829. The Bertz CT molecular complexity index is 1020. The van der Waals surface area contributed by atoms with Crippen LogP contribution in [0.5, 0.6) is 0 Å². The summed E-state index contributed by atoms with van der Waals surface area (Å²) in [5, 5.41) is 32.0. The zero-order valence-corrected chi connectivity index (χ0v) is 23.1. The van der Waals surface area contributed by atoms with Crippen molar-refractivity contribution in [2.24, 2.45) is 45.3 Å². The molecular formula is C31H46O5. The third-order valence-corrected chi connectivity index (χ3v) is 11.5. The molecule has 0 saturated heterocycles. The number of fused-ring (bicyclic) bond motifs is 5. The largest absolute Gasteiger partial charge is 0.481 e. The van der Waals surface area contributed by atoms with Gasteiger partial charge in [-0.3, -0.25) is 9.59 Å². The van der Waals surface area contributed by atoms with Gasteiger partial charge in [0.05, 0.1) is 24.0 Å². The van der Waals surface area contributed by atoms with Crippen LogP contribution in [0.2, 0.25) is 0 Å². The Labute approximate surface area is 216 Å². The van der Waals surface area contributed by atoms with Crippen LogP contribution in [0, 0.1) is 45.3 Å². The van der Waals surface area contributed by atoms with Gasteiger partial charge >= 0.3 is 5.97 Å². The highest BCUT2D eigenvalue weighted by atomic mass is 16.4. The highest BCUT2D eigenvalue weighted by Crippen LogP contribution is 2.71. The van der Waals surface area contributed by atoms with Crippen molar-refractivity contribution in [1.29, 1.82) is 0 Å². The van der Waals surface area contributed by atoms with E-state index in [9.17, 15) is 24.9 Å². The molecule has 5 nitrogen and oxygen atoms in total. The van der Waals surface area contributed by atoms with Gasteiger partial charge in [-0.2, -0.15) is 0 Å².